The molecule has 1 fully saturated rings. The first-order valence-corrected chi connectivity index (χ1v) is 13.0. The normalized spacial score (nSPS) is 18.0. The van der Waals surface area contributed by atoms with Crippen LogP contribution in [0.1, 0.15) is 34.0 Å². The Hall–Kier alpha value is -4.51. The molecule has 2 aliphatic rings. The molecule has 0 bridgehead atoms. The summed E-state index contributed by atoms with van der Waals surface area (Å²) >= 11 is 0. The molecule has 0 aliphatic carbocycles. The Bertz CT molecular complexity index is 1430. The fraction of sp³-hybridized carbons (Fsp3) is 0.310. The quantitative estimate of drug-likeness (QED) is 0.355. The SMILES string of the molecule is CCN(CCOC)c1cc(COc2ccc3c(c2)CN(CC2(c4ccc(F)cc4)NC(=O)NC2=O)C3=O)ccn1. The van der Waals surface area contributed by atoms with Crippen LogP contribution in [-0.2, 0) is 28.2 Å². The number of imide groups is 1. The molecule has 4 amide bonds. The standard InChI is InChI=1S/C29H30FN5O5/c1-3-34(12-13-39-2)25-14-19(10-11-31-25)17-40-23-8-9-24-20(15-23)16-35(26(24)36)18-29(27(37)32-28(38)33-29)21-4-6-22(30)7-5-21/h4-11,14-15H,3,12-13,16-18H2,1-2H3,(H2,32,33,37,38). The third kappa shape index (κ3) is 5.32. The molecule has 11 heteroatoms. The molecule has 10 nitrogen and oxygen atoms in total. The Balaban J connectivity index is 1.29. The average Bonchev–Trinajstić information content (AvgIpc) is 3.42. The number of fused-ring (bicyclic) bond motifs is 1. The van der Waals surface area contributed by atoms with Gasteiger partial charge in [-0.3, -0.25) is 14.9 Å². The first kappa shape index (κ1) is 27.1. The number of benzene rings is 2. The average molecular weight is 548 g/mol. The molecule has 40 heavy (non-hydrogen) atoms. The number of urea groups is 1. The molecule has 1 saturated heterocycles. The van der Waals surface area contributed by atoms with Crippen LogP contribution in [0.3, 0.4) is 0 Å². The molecule has 2 aromatic carbocycles. The highest BCUT2D eigenvalue weighted by Gasteiger charge is 2.50. The van der Waals surface area contributed by atoms with E-state index < -0.39 is 23.3 Å². The van der Waals surface area contributed by atoms with Gasteiger partial charge >= 0.3 is 6.03 Å². The predicted octanol–water partition coefficient (Wildman–Crippen LogP) is 2.96. The van der Waals surface area contributed by atoms with E-state index in [1.165, 1.54) is 29.2 Å². The summed E-state index contributed by atoms with van der Waals surface area (Å²) in [6.45, 7) is 4.61. The summed E-state index contributed by atoms with van der Waals surface area (Å²) < 4.78 is 24.8. The zero-order valence-electron chi connectivity index (χ0n) is 22.3. The number of carbonyl (C=O) groups is 3. The van der Waals surface area contributed by atoms with Gasteiger partial charge in [0.05, 0.1) is 13.2 Å². The number of nitrogens with zero attached hydrogens (tertiary/aromatic N) is 3. The number of carbonyl (C=O) groups excluding carboxylic acids is 3. The van der Waals surface area contributed by atoms with Crippen molar-refractivity contribution in [1.82, 2.24) is 20.5 Å². The van der Waals surface area contributed by atoms with Gasteiger partial charge in [-0.1, -0.05) is 12.1 Å². The van der Waals surface area contributed by atoms with Gasteiger partial charge in [0, 0.05) is 38.5 Å². The second-order valence-corrected chi connectivity index (χ2v) is 9.68. The smallest absolute Gasteiger partial charge is 0.322 e. The zero-order chi connectivity index (χ0) is 28.3. The predicted molar refractivity (Wildman–Crippen MR) is 144 cm³/mol. The maximum atomic E-state index is 13.6. The van der Waals surface area contributed by atoms with Crippen molar-refractivity contribution < 1.29 is 28.2 Å². The van der Waals surface area contributed by atoms with Crippen LogP contribution in [-0.4, -0.2) is 61.1 Å². The molecular formula is C29H30FN5O5. The second-order valence-electron chi connectivity index (χ2n) is 9.68. The van der Waals surface area contributed by atoms with Crippen LogP contribution in [0.15, 0.2) is 60.8 Å². The van der Waals surface area contributed by atoms with Crippen LogP contribution in [0, 0.1) is 5.82 Å². The van der Waals surface area contributed by atoms with Crippen molar-refractivity contribution in [2.75, 3.05) is 38.3 Å². The Morgan fingerprint density at radius 2 is 1.90 bits per heavy atom. The number of nitrogens with one attached hydrogen (secondary N) is 2. The lowest BCUT2D eigenvalue weighted by Crippen LogP contribution is -2.52. The van der Waals surface area contributed by atoms with Crippen LogP contribution < -0.4 is 20.3 Å². The number of ether oxygens (including phenoxy) is 2. The first-order chi connectivity index (χ1) is 19.3. The van der Waals surface area contributed by atoms with Gasteiger partial charge in [-0.2, -0.15) is 0 Å². The molecule has 0 saturated carbocycles. The molecule has 5 rings (SSSR count). The van der Waals surface area contributed by atoms with Crippen LogP contribution in [0.2, 0.25) is 0 Å². The molecule has 3 heterocycles. The summed E-state index contributed by atoms with van der Waals surface area (Å²) in [4.78, 5) is 46.3. The minimum Gasteiger partial charge on any atom is -0.489 e. The number of halogens is 1. The van der Waals surface area contributed by atoms with E-state index in [-0.39, 0.29) is 19.0 Å². The number of methoxy groups -OCH3 is 1. The number of likely N-dealkylation sites (N-methyl/N-ethyl adjacent to an activating group) is 1. The maximum Gasteiger partial charge on any atom is 0.322 e. The minimum atomic E-state index is -1.53. The number of aromatic nitrogens is 1. The molecular weight excluding hydrogens is 517 g/mol. The van der Waals surface area contributed by atoms with Gasteiger partial charge in [-0.25, -0.2) is 14.2 Å². The van der Waals surface area contributed by atoms with Crippen LogP contribution in [0.4, 0.5) is 15.0 Å². The highest BCUT2D eigenvalue weighted by molar-refractivity contribution is 6.08. The van der Waals surface area contributed by atoms with Crippen molar-refractivity contribution >= 4 is 23.7 Å². The van der Waals surface area contributed by atoms with E-state index in [4.69, 9.17) is 9.47 Å². The van der Waals surface area contributed by atoms with E-state index in [9.17, 15) is 18.8 Å². The van der Waals surface area contributed by atoms with Crippen molar-refractivity contribution in [3.63, 3.8) is 0 Å². The summed E-state index contributed by atoms with van der Waals surface area (Å²) in [5.74, 6) is 0.0918. The summed E-state index contributed by atoms with van der Waals surface area (Å²) in [5, 5.41) is 4.89. The largest absolute Gasteiger partial charge is 0.489 e. The summed E-state index contributed by atoms with van der Waals surface area (Å²) in [7, 11) is 1.67. The summed E-state index contributed by atoms with van der Waals surface area (Å²) in [5.41, 5.74) is 1.04. The monoisotopic (exact) mass is 547 g/mol. The zero-order valence-corrected chi connectivity index (χ0v) is 22.3. The lowest BCUT2D eigenvalue weighted by molar-refractivity contribution is -0.124. The van der Waals surface area contributed by atoms with Gasteiger partial charge in [0.2, 0.25) is 0 Å². The second kappa shape index (κ2) is 11.3. The van der Waals surface area contributed by atoms with Crippen LogP contribution in [0.25, 0.3) is 0 Å². The Kier molecular flexibility index (Phi) is 7.65. The van der Waals surface area contributed by atoms with Gasteiger partial charge in [-0.15, -0.1) is 0 Å². The Morgan fingerprint density at radius 1 is 1.10 bits per heavy atom. The van der Waals surface area contributed by atoms with Crippen molar-refractivity contribution in [2.24, 2.45) is 0 Å². The van der Waals surface area contributed by atoms with Gasteiger partial charge in [0.15, 0.2) is 5.54 Å². The van der Waals surface area contributed by atoms with Crippen molar-refractivity contribution in [3.05, 3.63) is 88.9 Å². The third-order valence-corrected chi connectivity index (χ3v) is 7.15. The van der Waals surface area contributed by atoms with E-state index in [0.29, 0.717) is 30.1 Å². The van der Waals surface area contributed by atoms with E-state index in [2.05, 4.69) is 27.4 Å². The van der Waals surface area contributed by atoms with Crippen LogP contribution in [0.5, 0.6) is 5.75 Å². The first-order valence-electron chi connectivity index (χ1n) is 13.0. The molecule has 2 aliphatic heterocycles. The molecule has 3 aromatic rings. The highest BCUT2D eigenvalue weighted by atomic mass is 19.1. The Labute approximate surface area is 231 Å². The highest BCUT2D eigenvalue weighted by Crippen LogP contribution is 2.33. The third-order valence-electron chi connectivity index (χ3n) is 7.15. The number of rotatable bonds is 11. The lowest BCUT2D eigenvalue weighted by atomic mass is 9.89. The van der Waals surface area contributed by atoms with Gasteiger partial charge in [0.1, 0.15) is 24.0 Å². The van der Waals surface area contributed by atoms with E-state index in [1.807, 2.05) is 18.2 Å². The van der Waals surface area contributed by atoms with E-state index in [0.717, 1.165) is 30.0 Å². The molecule has 1 unspecified atom stereocenters. The number of amides is 4. The number of hydrogen-bond acceptors (Lipinski definition) is 7. The van der Waals surface area contributed by atoms with E-state index >= 15 is 0 Å². The number of hydrogen-bond donors (Lipinski definition) is 2. The van der Waals surface area contributed by atoms with Gasteiger partial charge < -0.3 is 24.6 Å². The molecule has 0 spiro atoms. The van der Waals surface area contributed by atoms with Crippen molar-refractivity contribution in [1.29, 1.82) is 0 Å². The number of pyridine rings is 1. The van der Waals surface area contributed by atoms with Crippen LogP contribution >= 0.6 is 0 Å². The van der Waals surface area contributed by atoms with Gasteiger partial charge in [0.25, 0.3) is 11.8 Å². The molecule has 208 valence electrons. The fourth-order valence-electron chi connectivity index (χ4n) is 5.02. The Morgan fingerprint density at radius 3 is 2.60 bits per heavy atom. The van der Waals surface area contributed by atoms with Gasteiger partial charge in [-0.05, 0) is 66.1 Å². The summed E-state index contributed by atoms with van der Waals surface area (Å²) in [6, 6.07) is 13.7. The minimum absolute atomic E-state index is 0.114. The van der Waals surface area contributed by atoms with Crippen molar-refractivity contribution in [3.8, 4) is 5.75 Å². The lowest BCUT2D eigenvalue weighted by Gasteiger charge is -2.31. The fourth-order valence-corrected chi connectivity index (χ4v) is 5.02. The molecule has 1 atom stereocenters. The summed E-state index contributed by atoms with van der Waals surface area (Å²) in [6.07, 6.45) is 1.75. The van der Waals surface area contributed by atoms with Crippen molar-refractivity contribution in [2.45, 2.75) is 25.6 Å². The number of anilines is 1. The van der Waals surface area contributed by atoms with E-state index in [1.54, 1.807) is 25.4 Å². The maximum absolute atomic E-state index is 13.6. The molecule has 0 radical (unpaired) electrons. The topological polar surface area (TPSA) is 113 Å². The molecule has 1 aromatic heterocycles. The molecule has 2 N–H and O–H groups in total.